The lowest BCUT2D eigenvalue weighted by atomic mass is 10.4. The van der Waals surface area contributed by atoms with Gasteiger partial charge in [-0.15, -0.1) is 23.1 Å². The lowest BCUT2D eigenvalue weighted by molar-refractivity contribution is -0.119. The fourth-order valence-electron chi connectivity index (χ4n) is 0.973. The van der Waals surface area contributed by atoms with Crippen LogP contribution in [-0.4, -0.2) is 28.3 Å². The summed E-state index contributed by atoms with van der Waals surface area (Å²) in [5.74, 6) is -1.51. The molecule has 0 saturated carbocycles. The number of hydrogen-bond donors (Lipinski definition) is 3. The summed E-state index contributed by atoms with van der Waals surface area (Å²) in [6.07, 6.45) is 0. The normalized spacial score (nSPS) is 11.8. The van der Waals surface area contributed by atoms with Crippen LogP contribution >= 0.6 is 23.1 Å². The number of imide groups is 1. The van der Waals surface area contributed by atoms with Crippen molar-refractivity contribution in [2.75, 3.05) is 0 Å². The molecule has 0 bridgehead atoms. The number of primary amides is 1. The number of carbonyl (C=O) groups excluding carboxylic acids is 2. The third-order valence-electron chi connectivity index (χ3n) is 1.71. The highest BCUT2D eigenvalue weighted by Gasteiger charge is 2.17. The van der Waals surface area contributed by atoms with Gasteiger partial charge in [0.1, 0.15) is 4.88 Å². The van der Waals surface area contributed by atoms with Crippen molar-refractivity contribution >= 4 is 41.0 Å². The average molecular weight is 274 g/mol. The number of thioether (sulfide) groups is 1. The second-order valence-corrected chi connectivity index (χ2v) is 5.39. The third kappa shape index (κ3) is 4.08. The summed E-state index contributed by atoms with van der Waals surface area (Å²) in [6.45, 7) is 1.60. The van der Waals surface area contributed by atoms with Crippen LogP contribution in [0.1, 0.15) is 16.6 Å². The van der Waals surface area contributed by atoms with Crippen LogP contribution in [-0.2, 0) is 4.79 Å². The second-order valence-electron chi connectivity index (χ2n) is 3.07. The number of carboxylic acids is 1. The van der Waals surface area contributed by atoms with Gasteiger partial charge in [0.2, 0.25) is 5.91 Å². The number of carboxylic acid groups (broad SMARTS) is 1. The van der Waals surface area contributed by atoms with Crippen LogP contribution in [0, 0.1) is 0 Å². The molecule has 0 spiro atoms. The number of nitrogens with two attached hydrogens (primary N) is 1. The lowest BCUT2D eigenvalue weighted by Crippen LogP contribution is -2.39. The van der Waals surface area contributed by atoms with E-state index in [2.05, 4.69) is 0 Å². The topological polar surface area (TPSA) is 109 Å². The van der Waals surface area contributed by atoms with E-state index in [0.29, 0.717) is 4.90 Å². The highest BCUT2D eigenvalue weighted by atomic mass is 32.2. The summed E-state index contributed by atoms with van der Waals surface area (Å²) in [5, 5.41) is 11.8. The Morgan fingerprint density at radius 3 is 2.65 bits per heavy atom. The van der Waals surface area contributed by atoms with Crippen LogP contribution in [0.3, 0.4) is 0 Å². The van der Waals surface area contributed by atoms with Gasteiger partial charge in [-0.25, -0.2) is 9.59 Å². The van der Waals surface area contributed by atoms with Crippen LogP contribution in [0.25, 0.3) is 0 Å². The van der Waals surface area contributed by atoms with E-state index >= 15 is 0 Å². The molecule has 0 fully saturated rings. The van der Waals surface area contributed by atoms with Crippen molar-refractivity contribution in [3.8, 4) is 0 Å². The van der Waals surface area contributed by atoms with Crippen molar-refractivity contribution in [3.05, 3.63) is 16.3 Å². The Morgan fingerprint density at radius 1 is 1.53 bits per heavy atom. The van der Waals surface area contributed by atoms with Gasteiger partial charge < -0.3 is 10.8 Å². The summed E-state index contributed by atoms with van der Waals surface area (Å²) in [6, 6.07) is 0.574. The Kier molecular flexibility index (Phi) is 4.53. The van der Waals surface area contributed by atoms with Crippen molar-refractivity contribution in [2.24, 2.45) is 5.73 Å². The van der Waals surface area contributed by atoms with Gasteiger partial charge in [0, 0.05) is 10.3 Å². The van der Waals surface area contributed by atoms with Crippen molar-refractivity contribution in [2.45, 2.75) is 17.1 Å². The molecular weight excluding hydrogens is 264 g/mol. The maximum atomic E-state index is 11.4. The van der Waals surface area contributed by atoms with E-state index in [1.165, 1.54) is 6.07 Å². The predicted octanol–water partition coefficient (Wildman–Crippen LogP) is 1.12. The van der Waals surface area contributed by atoms with Gasteiger partial charge in [0.25, 0.3) is 0 Å². The molecular formula is C9H10N2O4S2. The maximum Gasteiger partial charge on any atom is 0.345 e. The largest absolute Gasteiger partial charge is 0.477 e. The standard InChI is InChI=1S/C9H10N2O4S2/c1-4(7(12)11-9(10)15)17-5-2-6(8(13)14)16-3-5/h2-4H,1H3,(H,13,14)(H3,10,11,12,15). The average Bonchev–Trinajstić information content (AvgIpc) is 2.65. The van der Waals surface area contributed by atoms with Gasteiger partial charge in [-0.3, -0.25) is 10.1 Å². The zero-order valence-electron chi connectivity index (χ0n) is 8.80. The Bertz CT molecular complexity index is 458. The first-order valence-electron chi connectivity index (χ1n) is 4.49. The SMILES string of the molecule is CC(Sc1csc(C(=O)O)c1)C(=O)NC(N)=O. The highest BCUT2D eigenvalue weighted by molar-refractivity contribution is 8.00. The first-order chi connectivity index (χ1) is 7.90. The first kappa shape index (κ1) is 13.5. The number of urea groups is 1. The van der Waals surface area contributed by atoms with E-state index in [0.717, 1.165) is 23.1 Å². The Balaban J connectivity index is 2.61. The molecule has 0 aliphatic carbocycles. The number of rotatable bonds is 4. The van der Waals surface area contributed by atoms with Crippen LogP contribution < -0.4 is 11.1 Å². The maximum absolute atomic E-state index is 11.4. The summed E-state index contributed by atoms with van der Waals surface area (Å²) >= 11 is 2.24. The monoisotopic (exact) mass is 274 g/mol. The minimum absolute atomic E-state index is 0.204. The Morgan fingerprint density at radius 2 is 2.18 bits per heavy atom. The van der Waals surface area contributed by atoms with E-state index in [9.17, 15) is 14.4 Å². The molecule has 1 aromatic rings. The summed E-state index contributed by atoms with van der Waals surface area (Å²) < 4.78 is 0. The van der Waals surface area contributed by atoms with Crippen LogP contribution in [0.2, 0.25) is 0 Å². The van der Waals surface area contributed by atoms with Gasteiger partial charge in [-0.05, 0) is 13.0 Å². The van der Waals surface area contributed by atoms with Gasteiger partial charge >= 0.3 is 12.0 Å². The van der Waals surface area contributed by atoms with E-state index in [4.69, 9.17) is 10.8 Å². The lowest BCUT2D eigenvalue weighted by Gasteiger charge is -2.08. The molecule has 0 aliphatic rings. The molecule has 0 saturated heterocycles. The smallest absolute Gasteiger partial charge is 0.345 e. The van der Waals surface area contributed by atoms with Gasteiger partial charge in [0.05, 0.1) is 5.25 Å². The van der Waals surface area contributed by atoms with Crippen molar-refractivity contribution in [1.29, 1.82) is 0 Å². The zero-order chi connectivity index (χ0) is 13.0. The number of aromatic carboxylic acids is 1. The molecule has 1 heterocycles. The third-order valence-corrected chi connectivity index (χ3v) is 3.86. The molecule has 1 aromatic heterocycles. The van der Waals surface area contributed by atoms with E-state index in [1.807, 2.05) is 5.32 Å². The fourth-order valence-corrected chi connectivity index (χ4v) is 2.78. The molecule has 1 atom stereocenters. The zero-order valence-corrected chi connectivity index (χ0v) is 10.4. The van der Waals surface area contributed by atoms with Gasteiger partial charge in [-0.2, -0.15) is 0 Å². The minimum atomic E-state index is -1.00. The van der Waals surface area contributed by atoms with E-state index in [1.54, 1.807) is 12.3 Å². The molecule has 0 radical (unpaired) electrons. The van der Waals surface area contributed by atoms with Gasteiger partial charge in [0.15, 0.2) is 0 Å². The Hall–Kier alpha value is -1.54. The van der Waals surface area contributed by atoms with Crippen molar-refractivity contribution in [1.82, 2.24) is 5.32 Å². The molecule has 8 heteroatoms. The molecule has 1 rings (SSSR count). The van der Waals surface area contributed by atoms with E-state index < -0.39 is 23.2 Å². The summed E-state index contributed by atoms with van der Waals surface area (Å²) in [7, 11) is 0. The molecule has 1 unspecified atom stereocenters. The molecule has 17 heavy (non-hydrogen) atoms. The molecule has 0 aliphatic heterocycles. The van der Waals surface area contributed by atoms with E-state index in [-0.39, 0.29) is 4.88 Å². The second kappa shape index (κ2) is 5.69. The predicted molar refractivity (Wildman–Crippen MR) is 64.3 cm³/mol. The molecule has 3 amide bonds. The number of carbonyl (C=O) groups is 3. The van der Waals surface area contributed by atoms with Crippen molar-refractivity contribution < 1.29 is 19.5 Å². The minimum Gasteiger partial charge on any atom is -0.477 e. The van der Waals surface area contributed by atoms with Crippen LogP contribution in [0.5, 0.6) is 0 Å². The number of thiophene rings is 1. The first-order valence-corrected chi connectivity index (χ1v) is 6.25. The number of nitrogens with one attached hydrogen (secondary N) is 1. The molecule has 6 nitrogen and oxygen atoms in total. The number of hydrogen-bond acceptors (Lipinski definition) is 5. The summed E-state index contributed by atoms with van der Waals surface area (Å²) in [4.78, 5) is 33.3. The fraction of sp³-hybridized carbons (Fsp3) is 0.222. The molecule has 92 valence electrons. The molecule has 4 N–H and O–H groups in total. The molecule has 0 aromatic carbocycles. The summed E-state index contributed by atoms with van der Waals surface area (Å²) in [5.41, 5.74) is 4.81. The Labute approximate surface area is 105 Å². The van der Waals surface area contributed by atoms with Crippen LogP contribution in [0.15, 0.2) is 16.3 Å². The van der Waals surface area contributed by atoms with Crippen molar-refractivity contribution in [3.63, 3.8) is 0 Å². The van der Waals surface area contributed by atoms with Gasteiger partial charge in [-0.1, -0.05) is 0 Å². The number of amides is 3. The highest BCUT2D eigenvalue weighted by Crippen LogP contribution is 2.28. The quantitative estimate of drug-likeness (QED) is 0.713. The van der Waals surface area contributed by atoms with Crippen LogP contribution in [0.4, 0.5) is 4.79 Å².